The van der Waals surface area contributed by atoms with Gasteiger partial charge in [-0.1, -0.05) is 85.3 Å². The van der Waals surface area contributed by atoms with Crippen molar-refractivity contribution < 1.29 is 24.2 Å². The van der Waals surface area contributed by atoms with Crippen molar-refractivity contribution in [1.82, 2.24) is 54.7 Å². The SMILES string of the molecule is Cc1ccc(Oc2nc3cc(-c4ccc5c(ccn5C)c4)c(Cl)cc3[nH]2)cc1C(=O)NCCCNC(=O)CNCc1ccc(-c2c3ncn(CC4(O)CCN(C(=O)C[C@@H](C)c5ccccc5)CC4)c(=O)c3nn2C)cc1. The summed E-state index contributed by atoms with van der Waals surface area (Å²) in [6, 6.07) is 35.3. The number of piperidine rings is 1. The van der Waals surface area contributed by atoms with Gasteiger partial charge in [0.1, 0.15) is 11.3 Å². The summed E-state index contributed by atoms with van der Waals surface area (Å²) in [4.78, 5) is 67.1. The van der Waals surface area contributed by atoms with Crippen molar-refractivity contribution in [3.8, 4) is 34.1 Å². The number of hydrogen-bond acceptors (Lipinski definition) is 10. The highest BCUT2D eigenvalue weighted by molar-refractivity contribution is 6.34. The second kappa shape index (κ2) is 22.0. The summed E-state index contributed by atoms with van der Waals surface area (Å²) < 4.78 is 11.2. The molecule has 1 fully saturated rings. The van der Waals surface area contributed by atoms with Crippen LogP contribution in [0.1, 0.15) is 65.6 Å². The number of aromatic amines is 1. The molecule has 9 aromatic rings. The number of aliphatic hydroxyl groups is 1. The normalized spacial score (nSPS) is 13.8. The minimum absolute atomic E-state index is 0.0494. The summed E-state index contributed by atoms with van der Waals surface area (Å²) in [5, 5.41) is 26.8. The van der Waals surface area contributed by atoms with Gasteiger partial charge >= 0.3 is 0 Å². The first-order valence-corrected chi connectivity index (χ1v) is 25.9. The van der Waals surface area contributed by atoms with Crippen LogP contribution in [-0.2, 0) is 36.8 Å². The average Bonchev–Trinajstić information content (AvgIpc) is 4.10. The summed E-state index contributed by atoms with van der Waals surface area (Å²) in [6.07, 6.45) is 5.11. The maximum absolute atomic E-state index is 13.7. The Kier molecular flexibility index (Phi) is 14.9. The molecule has 0 radical (unpaired) electrons. The van der Waals surface area contributed by atoms with Crippen LogP contribution in [0.5, 0.6) is 11.8 Å². The molecule has 5 aromatic carbocycles. The van der Waals surface area contributed by atoms with Crippen LogP contribution in [0, 0.1) is 6.92 Å². The standard InChI is InChI=1S/C58H60ClN11O6/c1-36-11-17-43(76-57-64-47-30-45(46(59)31-48(47)65-57)41-16-18-49-42(28-41)19-24-67(49)3)29-44(36)55(73)62-23-8-22-61-50(71)33-60-32-38-12-14-40(15-13-38)54-52-53(66-68(54)4)56(74)70(35-63-52)34-58(75)20-25-69(26-21-58)51(72)27-37(2)39-9-6-5-7-10-39/h5-7,9-19,24,28-31,35,37,60,75H,8,20-23,25-27,32-34H2,1-4H3,(H,61,71)(H,62,73)(H,64,65)/t37-/m1/s1. The highest BCUT2D eigenvalue weighted by atomic mass is 35.5. The van der Waals surface area contributed by atoms with E-state index < -0.39 is 5.60 Å². The number of amides is 3. The van der Waals surface area contributed by atoms with E-state index in [0.29, 0.717) is 91.5 Å². The van der Waals surface area contributed by atoms with Crippen molar-refractivity contribution in [2.75, 3.05) is 32.7 Å². The smallest absolute Gasteiger partial charge is 0.300 e. The summed E-state index contributed by atoms with van der Waals surface area (Å²) >= 11 is 6.75. The fourth-order valence-corrected chi connectivity index (χ4v) is 10.3. The number of ether oxygens (including phenoxy) is 1. The topological polar surface area (TPSA) is 206 Å². The summed E-state index contributed by atoms with van der Waals surface area (Å²) in [7, 11) is 3.78. The van der Waals surface area contributed by atoms with Crippen molar-refractivity contribution in [3.05, 3.63) is 159 Å². The van der Waals surface area contributed by atoms with Crippen molar-refractivity contribution in [2.45, 2.75) is 64.1 Å². The zero-order chi connectivity index (χ0) is 53.1. The van der Waals surface area contributed by atoms with Crippen LogP contribution >= 0.6 is 11.6 Å². The second-order valence-electron chi connectivity index (χ2n) is 19.9. The largest absolute Gasteiger partial charge is 0.426 e. The molecule has 17 nitrogen and oxygen atoms in total. The Balaban J connectivity index is 0.653. The molecular formula is C58H60ClN11O6. The van der Waals surface area contributed by atoms with Crippen molar-refractivity contribution in [1.29, 1.82) is 0 Å². The predicted molar refractivity (Wildman–Crippen MR) is 294 cm³/mol. The van der Waals surface area contributed by atoms with Crippen LogP contribution in [0.25, 0.3) is 55.4 Å². The summed E-state index contributed by atoms with van der Waals surface area (Å²) in [5.41, 5.74) is 8.35. The van der Waals surface area contributed by atoms with Gasteiger partial charge in [-0.15, -0.1) is 0 Å². The summed E-state index contributed by atoms with van der Waals surface area (Å²) in [5.74, 6) is 0.167. The first-order chi connectivity index (χ1) is 36.7. The van der Waals surface area contributed by atoms with Crippen LogP contribution in [0.4, 0.5) is 0 Å². The number of carbonyl (C=O) groups is 3. The van der Waals surface area contributed by atoms with Gasteiger partial charge in [-0.3, -0.25) is 28.4 Å². The van der Waals surface area contributed by atoms with Gasteiger partial charge in [0, 0.05) is 87.0 Å². The Hall–Kier alpha value is -8.12. The molecule has 0 saturated carbocycles. The molecule has 4 aromatic heterocycles. The van der Waals surface area contributed by atoms with Gasteiger partial charge in [0.15, 0.2) is 5.52 Å². The number of aromatic nitrogens is 7. The molecule has 76 heavy (non-hydrogen) atoms. The molecule has 10 rings (SSSR count). The lowest BCUT2D eigenvalue weighted by Crippen LogP contribution is -2.49. The van der Waals surface area contributed by atoms with E-state index in [2.05, 4.69) is 58.8 Å². The first kappa shape index (κ1) is 51.4. The van der Waals surface area contributed by atoms with Gasteiger partial charge < -0.3 is 40.2 Å². The molecule has 5 heterocycles. The third-order valence-electron chi connectivity index (χ3n) is 14.4. The molecule has 3 amide bonds. The highest BCUT2D eigenvalue weighted by Gasteiger charge is 2.35. The van der Waals surface area contributed by atoms with Crippen LogP contribution in [-0.4, -0.2) is 99.9 Å². The molecule has 0 aliphatic carbocycles. The zero-order valence-corrected chi connectivity index (χ0v) is 43.7. The third kappa shape index (κ3) is 11.3. The highest BCUT2D eigenvalue weighted by Crippen LogP contribution is 2.35. The number of halogens is 1. The number of carbonyl (C=O) groups excluding carboxylic acids is 3. The molecular weight excluding hydrogens is 982 g/mol. The molecule has 0 bridgehead atoms. The molecule has 1 aliphatic heterocycles. The maximum Gasteiger partial charge on any atom is 0.300 e. The number of rotatable bonds is 18. The number of fused-ring (bicyclic) bond motifs is 3. The Labute approximate surface area is 443 Å². The van der Waals surface area contributed by atoms with Crippen molar-refractivity contribution in [3.63, 3.8) is 0 Å². The van der Waals surface area contributed by atoms with Crippen molar-refractivity contribution in [2.24, 2.45) is 14.1 Å². The van der Waals surface area contributed by atoms with Gasteiger partial charge in [-0.2, -0.15) is 10.1 Å². The maximum atomic E-state index is 13.7. The van der Waals surface area contributed by atoms with Gasteiger partial charge in [0.05, 0.1) is 46.8 Å². The Morgan fingerprint density at radius 2 is 1.66 bits per heavy atom. The Morgan fingerprint density at radius 1 is 0.895 bits per heavy atom. The van der Waals surface area contributed by atoms with E-state index in [0.717, 1.165) is 49.8 Å². The minimum atomic E-state index is -1.17. The number of benzene rings is 5. The number of nitrogens with one attached hydrogen (secondary N) is 4. The van der Waals surface area contributed by atoms with Crippen molar-refractivity contribution >= 4 is 62.3 Å². The molecule has 390 valence electrons. The lowest BCUT2D eigenvalue weighted by Gasteiger charge is -2.38. The fourth-order valence-electron chi connectivity index (χ4n) is 9.99. The monoisotopic (exact) mass is 1040 g/mol. The van der Waals surface area contributed by atoms with Gasteiger partial charge in [-0.25, -0.2) is 4.98 Å². The van der Waals surface area contributed by atoms with E-state index in [1.54, 1.807) is 28.8 Å². The lowest BCUT2D eigenvalue weighted by molar-refractivity contribution is -0.136. The van der Waals surface area contributed by atoms with Gasteiger partial charge in [-0.05, 0) is 96.8 Å². The number of aryl methyl sites for hydroxylation is 3. The minimum Gasteiger partial charge on any atom is -0.426 e. The number of H-pyrrole nitrogens is 1. The molecule has 0 spiro atoms. The molecule has 1 aliphatic rings. The van der Waals surface area contributed by atoms with E-state index in [-0.39, 0.29) is 53.8 Å². The van der Waals surface area contributed by atoms with Crippen LogP contribution in [0.15, 0.2) is 127 Å². The van der Waals surface area contributed by atoms with Gasteiger partial charge in [0.25, 0.3) is 17.5 Å². The Morgan fingerprint density at radius 3 is 2.45 bits per heavy atom. The molecule has 1 saturated heterocycles. The molecule has 0 unspecified atom stereocenters. The molecule has 1 atom stereocenters. The summed E-state index contributed by atoms with van der Waals surface area (Å²) in [6.45, 7) is 6.06. The second-order valence-corrected chi connectivity index (χ2v) is 20.3. The zero-order valence-electron chi connectivity index (χ0n) is 42.9. The van der Waals surface area contributed by atoms with Crippen LogP contribution in [0.3, 0.4) is 0 Å². The van der Waals surface area contributed by atoms with E-state index in [9.17, 15) is 24.3 Å². The van der Waals surface area contributed by atoms with E-state index in [1.807, 2.05) is 106 Å². The quantitative estimate of drug-likeness (QED) is 0.0522. The number of nitrogens with zero attached hydrogens (tertiary/aromatic N) is 7. The average molecular weight is 1040 g/mol. The number of likely N-dealkylation sites (tertiary alicyclic amines) is 1. The number of hydrogen-bond donors (Lipinski definition) is 5. The first-order valence-electron chi connectivity index (χ1n) is 25.5. The third-order valence-corrected chi connectivity index (χ3v) is 14.7. The van der Waals surface area contributed by atoms with E-state index in [4.69, 9.17) is 16.3 Å². The van der Waals surface area contributed by atoms with E-state index in [1.165, 1.54) is 10.9 Å². The van der Waals surface area contributed by atoms with Crippen LogP contribution in [0.2, 0.25) is 5.02 Å². The van der Waals surface area contributed by atoms with E-state index >= 15 is 0 Å². The Bertz CT molecular complexity index is 3670. The molecule has 5 N–H and O–H groups in total. The van der Waals surface area contributed by atoms with Crippen LogP contribution < -0.4 is 26.2 Å². The predicted octanol–water partition coefficient (Wildman–Crippen LogP) is 8.16. The van der Waals surface area contributed by atoms with Gasteiger partial charge in [0.2, 0.25) is 11.8 Å². The fraction of sp³-hybridized carbons (Fsp3) is 0.293. The molecule has 18 heteroatoms. The number of imidazole rings is 1. The lowest BCUT2D eigenvalue weighted by atomic mass is 9.90.